The van der Waals surface area contributed by atoms with Crippen molar-refractivity contribution in [1.29, 1.82) is 0 Å². The van der Waals surface area contributed by atoms with Gasteiger partial charge in [0.2, 0.25) is 28.9 Å². The summed E-state index contributed by atoms with van der Waals surface area (Å²) < 4.78 is 17.1. The summed E-state index contributed by atoms with van der Waals surface area (Å²) >= 11 is 0. The molecule has 0 saturated heterocycles. The van der Waals surface area contributed by atoms with Crippen LogP contribution < -0.4 is 40.9 Å². The molecule has 0 fully saturated rings. The molecule has 4 rings (SSSR count). The molecule has 11 heteroatoms. The fourth-order valence-corrected chi connectivity index (χ4v) is 5.79. The summed E-state index contributed by atoms with van der Waals surface area (Å²) in [6, 6.07) is 12.5. The monoisotopic (exact) mass is 630 g/mol. The average Bonchev–Trinajstić information content (AvgIpc) is 3.26. The van der Waals surface area contributed by atoms with E-state index < -0.39 is 12.1 Å². The molecular formula is C35H42N4O7. The van der Waals surface area contributed by atoms with Crippen molar-refractivity contribution in [3.8, 4) is 28.4 Å². The van der Waals surface area contributed by atoms with E-state index in [-0.39, 0.29) is 34.8 Å². The van der Waals surface area contributed by atoms with Crippen molar-refractivity contribution < 1.29 is 28.6 Å². The van der Waals surface area contributed by atoms with Crippen molar-refractivity contribution >= 4 is 34.8 Å². The van der Waals surface area contributed by atoms with Crippen molar-refractivity contribution in [1.82, 2.24) is 5.32 Å². The molecule has 3 aromatic rings. The van der Waals surface area contributed by atoms with Crippen LogP contribution in [0.1, 0.15) is 57.7 Å². The first-order chi connectivity index (χ1) is 22.0. The number of hydrogen-bond donors (Lipinski definition) is 4. The average molecular weight is 631 g/mol. The fraction of sp³-hybridized carbons (Fsp3) is 0.371. The summed E-state index contributed by atoms with van der Waals surface area (Å²) in [4.78, 5) is 51.3. The van der Waals surface area contributed by atoms with Crippen molar-refractivity contribution in [3.05, 3.63) is 69.9 Å². The second-order valence-corrected chi connectivity index (χ2v) is 11.4. The van der Waals surface area contributed by atoms with Crippen LogP contribution in [-0.2, 0) is 20.8 Å². The zero-order chi connectivity index (χ0) is 33.5. The minimum atomic E-state index is -0.762. The Labute approximate surface area is 269 Å². The number of anilines is 3. The number of fused-ring (bicyclic) bond motifs is 3. The molecule has 1 aliphatic rings. The smallest absolute Gasteiger partial charge is 0.247 e. The highest BCUT2D eigenvalue weighted by atomic mass is 16.5. The fourth-order valence-electron chi connectivity index (χ4n) is 5.79. The number of carbonyl (C=O) groups is 3. The minimum Gasteiger partial charge on any atom is -0.493 e. The molecule has 0 heterocycles. The molecule has 0 bridgehead atoms. The van der Waals surface area contributed by atoms with Crippen LogP contribution in [0.15, 0.2) is 53.3 Å². The molecule has 11 nitrogen and oxygen atoms in total. The number of ether oxygens (including phenoxy) is 3. The second kappa shape index (κ2) is 14.8. The van der Waals surface area contributed by atoms with E-state index in [1.165, 1.54) is 27.0 Å². The van der Waals surface area contributed by atoms with Crippen LogP contribution in [0.3, 0.4) is 0 Å². The van der Waals surface area contributed by atoms with Crippen molar-refractivity contribution in [3.63, 3.8) is 0 Å². The summed E-state index contributed by atoms with van der Waals surface area (Å²) in [5.41, 5.74) is 3.90. The predicted octanol–water partition coefficient (Wildman–Crippen LogP) is 5.29. The van der Waals surface area contributed by atoms with E-state index in [0.29, 0.717) is 59.0 Å². The Kier molecular flexibility index (Phi) is 10.9. The van der Waals surface area contributed by atoms with Gasteiger partial charge in [0.25, 0.3) is 0 Å². The minimum absolute atomic E-state index is 0.147. The van der Waals surface area contributed by atoms with E-state index in [0.717, 1.165) is 11.1 Å². The largest absolute Gasteiger partial charge is 0.493 e. The van der Waals surface area contributed by atoms with Crippen LogP contribution in [-0.4, -0.2) is 45.1 Å². The molecule has 0 aliphatic heterocycles. The Bertz CT molecular complexity index is 1690. The van der Waals surface area contributed by atoms with Gasteiger partial charge in [0, 0.05) is 30.8 Å². The summed E-state index contributed by atoms with van der Waals surface area (Å²) in [5, 5.41) is 11.8. The first-order valence-corrected chi connectivity index (χ1v) is 15.2. The lowest BCUT2D eigenvalue weighted by molar-refractivity contribution is -0.120. The third-order valence-electron chi connectivity index (χ3n) is 8.17. The van der Waals surface area contributed by atoms with Crippen LogP contribution in [0.4, 0.5) is 17.1 Å². The summed E-state index contributed by atoms with van der Waals surface area (Å²) in [5.74, 6) is 0.448. The van der Waals surface area contributed by atoms with E-state index >= 15 is 0 Å². The van der Waals surface area contributed by atoms with Gasteiger partial charge in [0.1, 0.15) is 6.04 Å². The molecular weight excluding hydrogens is 588 g/mol. The van der Waals surface area contributed by atoms with Gasteiger partial charge in [-0.3, -0.25) is 19.2 Å². The van der Waals surface area contributed by atoms with Crippen molar-refractivity contribution in [2.45, 2.75) is 59.0 Å². The molecule has 3 amide bonds. The lowest BCUT2D eigenvalue weighted by Crippen LogP contribution is -2.40. The molecule has 244 valence electrons. The topological polar surface area (TPSA) is 144 Å². The Morgan fingerprint density at radius 1 is 0.891 bits per heavy atom. The van der Waals surface area contributed by atoms with E-state index in [1.807, 2.05) is 26.0 Å². The van der Waals surface area contributed by atoms with Crippen LogP contribution >= 0.6 is 0 Å². The third-order valence-corrected chi connectivity index (χ3v) is 8.17. The zero-order valence-corrected chi connectivity index (χ0v) is 27.3. The molecule has 1 aliphatic carbocycles. The molecule has 3 aromatic carbocycles. The van der Waals surface area contributed by atoms with Crippen molar-refractivity contribution in [2.24, 2.45) is 5.92 Å². The Morgan fingerprint density at radius 2 is 1.59 bits per heavy atom. The van der Waals surface area contributed by atoms with Crippen LogP contribution in [0, 0.1) is 5.92 Å². The van der Waals surface area contributed by atoms with E-state index in [2.05, 4.69) is 21.3 Å². The standard InChI is InChI=1S/C35H42N4O7/c1-8-19(2)32(35(43)38-24-11-9-10-23(17-24)36-20(3)40)39-28-15-13-25-26(18-29(28)42)27(37-21(4)41)14-12-22-16-30(44-5)33(45-6)34(46-7)31(22)25/h9-11,13,15-19,27,32H,8,12,14H2,1-7H3,(H,36,40)(H,37,41)(H,38,43)(H,39,42)/t19-,27+,32-/m0/s1. The highest BCUT2D eigenvalue weighted by molar-refractivity contribution is 5.98. The zero-order valence-electron chi connectivity index (χ0n) is 27.3. The molecule has 0 spiro atoms. The number of methoxy groups -OCH3 is 3. The molecule has 4 N–H and O–H groups in total. The lowest BCUT2D eigenvalue weighted by Gasteiger charge is -2.24. The van der Waals surface area contributed by atoms with Crippen LogP contribution in [0.5, 0.6) is 17.2 Å². The second-order valence-electron chi connectivity index (χ2n) is 11.4. The summed E-state index contributed by atoms with van der Waals surface area (Å²) in [6.45, 7) is 6.76. The number of hydrogen-bond acceptors (Lipinski definition) is 8. The van der Waals surface area contributed by atoms with Crippen LogP contribution in [0.2, 0.25) is 0 Å². The molecule has 0 aromatic heterocycles. The number of amides is 3. The molecule has 0 saturated carbocycles. The van der Waals surface area contributed by atoms with E-state index in [9.17, 15) is 19.2 Å². The Balaban J connectivity index is 1.82. The number of carbonyl (C=O) groups excluding carboxylic acids is 3. The third kappa shape index (κ3) is 7.42. The van der Waals surface area contributed by atoms with Crippen molar-refractivity contribution in [2.75, 3.05) is 37.3 Å². The highest BCUT2D eigenvalue weighted by Gasteiger charge is 2.30. The molecule has 3 atom stereocenters. The Morgan fingerprint density at radius 3 is 2.20 bits per heavy atom. The van der Waals surface area contributed by atoms with E-state index in [1.54, 1.807) is 44.6 Å². The number of rotatable bonds is 11. The van der Waals surface area contributed by atoms with Gasteiger partial charge in [-0.1, -0.05) is 32.4 Å². The highest BCUT2D eigenvalue weighted by Crippen LogP contribution is 2.50. The number of nitrogens with one attached hydrogen (secondary N) is 4. The quantitative estimate of drug-likeness (QED) is 0.224. The van der Waals surface area contributed by atoms with Crippen LogP contribution in [0.25, 0.3) is 11.1 Å². The Hall–Kier alpha value is -5.06. The SMILES string of the molecule is CC[C@H](C)[C@H](Nc1ccc2c(cc1=O)[C@H](NC(C)=O)CCc1cc(OC)c(OC)c(OC)c1-2)C(=O)Nc1cccc(NC(C)=O)c1. The van der Waals surface area contributed by atoms with Gasteiger partial charge in [0.05, 0.1) is 33.1 Å². The number of benzene rings is 2. The molecule has 0 radical (unpaired) electrons. The maximum Gasteiger partial charge on any atom is 0.247 e. The van der Waals surface area contributed by atoms with Gasteiger partial charge in [-0.05, 0) is 71.8 Å². The summed E-state index contributed by atoms with van der Waals surface area (Å²) in [7, 11) is 4.63. The first-order valence-electron chi connectivity index (χ1n) is 15.2. The van der Waals surface area contributed by atoms with Gasteiger partial charge in [-0.25, -0.2) is 0 Å². The lowest BCUT2D eigenvalue weighted by atomic mass is 9.95. The van der Waals surface area contributed by atoms with Gasteiger partial charge >= 0.3 is 0 Å². The van der Waals surface area contributed by atoms with Gasteiger partial charge in [-0.2, -0.15) is 0 Å². The summed E-state index contributed by atoms with van der Waals surface area (Å²) in [6.07, 6.45) is 1.77. The molecule has 46 heavy (non-hydrogen) atoms. The maximum atomic E-state index is 13.9. The number of aryl methyl sites for hydroxylation is 1. The van der Waals surface area contributed by atoms with E-state index in [4.69, 9.17) is 14.2 Å². The van der Waals surface area contributed by atoms with Gasteiger partial charge in [-0.15, -0.1) is 0 Å². The van der Waals surface area contributed by atoms with Gasteiger partial charge in [0.15, 0.2) is 11.5 Å². The predicted molar refractivity (Wildman–Crippen MR) is 179 cm³/mol. The normalized spacial score (nSPS) is 14.7. The van der Waals surface area contributed by atoms with Gasteiger partial charge < -0.3 is 35.5 Å². The maximum absolute atomic E-state index is 13.9. The molecule has 0 unspecified atom stereocenters. The first kappa shape index (κ1) is 33.8.